The Balaban J connectivity index is 2.09. The summed E-state index contributed by atoms with van der Waals surface area (Å²) in [6.45, 7) is 1.27. The average Bonchev–Trinajstić information content (AvgIpc) is 3.13. The van der Waals surface area contributed by atoms with Crippen molar-refractivity contribution in [2.24, 2.45) is 21.7 Å². The van der Waals surface area contributed by atoms with Gasteiger partial charge in [0.05, 0.1) is 0 Å². The van der Waals surface area contributed by atoms with Crippen LogP contribution in [0.3, 0.4) is 0 Å². The van der Waals surface area contributed by atoms with Crippen LogP contribution in [0.5, 0.6) is 0 Å². The second kappa shape index (κ2) is 9.31. The highest BCUT2D eigenvalue weighted by Crippen LogP contribution is 2.50. The van der Waals surface area contributed by atoms with E-state index in [1.165, 1.54) is 6.92 Å². The molecule has 0 saturated heterocycles. The Kier molecular flexibility index (Phi) is 6.76. The molecule has 2 atom stereocenters. The molecule has 0 aromatic heterocycles. The third kappa shape index (κ3) is 4.78. The summed E-state index contributed by atoms with van der Waals surface area (Å²) in [7, 11) is 0. The van der Waals surface area contributed by atoms with Gasteiger partial charge in [-0.15, -0.1) is 0 Å². The van der Waals surface area contributed by atoms with Crippen LogP contribution in [0.15, 0.2) is 58.8 Å². The van der Waals surface area contributed by atoms with Crippen LogP contribution in [0.25, 0.3) is 0 Å². The summed E-state index contributed by atoms with van der Waals surface area (Å²) in [5.41, 5.74) is 11.1. The number of thioether (sulfide) groups is 1. The van der Waals surface area contributed by atoms with Crippen molar-refractivity contribution in [1.29, 1.82) is 0 Å². The highest BCUT2D eigenvalue weighted by molar-refractivity contribution is 8.15. The molecule has 1 heterocycles. The van der Waals surface area contributed by atoms with E-state index in [0.717, 1.165) is 35.0 Å². The van der Waals surface area contributed by atoms with Gasteiger partial charge >= 0.3 is 0 Å². The minimum absolute atomic E-state index is 0.0299. The highest BCUT2D eigenvalue weighted by Gasteiger charge is 2.49. The predicted molar refractivity (Wildman–Crippen MR) is 114 cm³/mol. The van der Waals surface area contributed by atoms with Crippen molar-refractivity contribution in [3.8, 4) is 0 Å². The molecule has 1 aliphatic rings. The lowest BCUT2D eigenvalue weighted by atomic mass is 10.0. The first-order valence-corrected chi connectivity index (χ1v) is 10.1. The summed E-state index contributed by atoms with van der Waals surface area (Å²) >= 11 is 1.05. The van der Waals surface area contributed by atoms with E-state index in [0.29, 0.717) is 5.56 Å². The van der Waals surface area contributed by atoms with Gasteiger partial charge in [0.1, 0.15) is 34.3 Å². The first-order chi connectivity index (χ1) is 14.7. The first kappa shape index (κ1) is 22.5. The number of aliphatic hydroxyl groups excluding tert-OH is 1. The number of nitrogens with zero attached hydrogens (tertiary/aromatic N) is 3. The van der Waals surface area contributed by atoms with Crippen molar-refractivity contribution < 1.29 is 23.5 Å². The zero-order valence-corrected chi connectivity index (χ0v) is 17.4. The lowest BCUT2D eigenvalue weighted by molar-refractivity contribution is -0.143. The van der Waals surface area contributed by atoms with Gasteiger partial charge in [-0.05, 0) is 35.8 Å². The maximum atomic E-state index is 14.5. The van der Waals surface area contributed by atoms with E-state index in [-0.39, 0.29) is 29.6 Å². The molecule has 1 aliphatic heterocycles. The van der Waals surface area contributed by atoms with Crippen molar-refractivity contribution in [2.75, 3.05) is 6.61 Å². The molecule has 0 fully saturated rings. The van der Waals surface area contributed by atoms with E-state index in [4.69, 9.17) is 16.3 Å². The minimum atomic E-state index is -1.39. The second-order valence-electron chi connectivity index (χ2n) is 6.71. The normalized spacial score (nSPS) is 19.0. The lowest BCUT2D eigenvalue weighted by Crippen LogP contribution is -2.45. The van der Waals surface area contributed by atoms with E-state index in [2.05, 4.69) is 10.3 Å². The number of nitrogens with two attached hydrogens (primary N) is 2. The number of hydrogen-bond acceptors (Lipinski definition) is 6. The van der Waals surface area contributed by atoms with E-state index in [1.807, 2.05) is 0 Å². The molecule has 0 radical (unpaired) electrons. The lowest BCUT2D eigenvalue weighted by Gasteiger charge is -2.36. The van der Waals surface area contributed by atoms with E-state index >= 15 is 0 Å². The average molecular weight is 449 g/mol. The molecule has 1 amide bonds. The number of hydrogen-bond donors (Lipinski definition) is 3. The summed E-state index contributed by atoms with van der Waals surface area (Å²) in [6, 6.07) is 11.8. The molecule has 0 aliphatic carbocycles. The van der Waals surface area contributed by atoms with Crippen molar-refractivity contribution >= 4 is 28.7 Å². The van der Waals surface area contributed by atoms with Gasteiger partial charge in [0, 0.05) is 12.0 Å². The van der Waals surface area contributed by atoms with E-state index in [9.17, 15) is 18.7 Å². The number of carbonyl (C=O) groups excluding carboxylic acids is 1. The monoisotopic (exact) mass is 449 g/mol. The molecule has 164 valence electrons. The molecular formula is C20H21F2N5O3S. The second-order valence-corrected chi connectivity index (χ2v) is 7.97. The number of aliphatic hydroxyl groups is 1. The van der Waals surface area contributed by atoms with Gasteiger partial charge in [-0.2, -0.15) is 5.10 Å². The number of rotatable bonds is 7. The van der Waals surface area contributed by atoms with Crippen LogP contribution in [0, 0.1) is 11.6 Å². The molecule has 0 spiro atoms. The first-order valence-electron chi connectivity index (χ1n) is 9.26. The third-order valence-electron chi connectivity index (χ3n) is 4.45. The molecule has 11 heteroatoms. The molecule has 0 saturated carbocycles. The number of benzene rings is 2. The Morgan fingerprint density at radius 1 is 1.29 bits per heavy atom. The molecule has 8 nitrogen and oxygen atoms in total. The highest BCUT2D eigenvalue weighted by atomic mass is 32.2. The SMILES string of the molecule is CC(O)C(=O)N1N=C(c2cc(F)ccc2F)SC1(CCON=C(N)N)c1ccccc1. The predicted octanol–water partition coefficient (Wildman–Crippen LogP) is 2.03. The summed E-state index contributed by atoms with van der Waals surface area (Å²) in [4.78, 5) is 16.8. The van der Waals surface area contributed by atoms with E-state index < -0.39 is 28.5 Å². The quantitative estimate of drug-likeness (QED) is 0.257. The Bertz CT molecular complexity index is 1020. The van der Waals surface area contributed by atoms with Gasteiger partial charge < -0.3 is 21.4 Å². The van der Waals surface area contributed by atoms with Crippen LogP contribution in [0.1, 0.15) is 24.5 Å². The fourth-order valence-electron chi connectivity index (χ4n) is 3.05. The van der Waals surface area contributed by atoms with Gasteiger partial charge in [0.2, 0.25) is 5.96 Å². The Labute approximate surface area is 181 Å². The largest absolute Gasteiger partial charge is 0.393 e. The zero-order valence-electron chi connectivity index (χ0n) is 16.5. The fraction of sp³-hybridized carbons (Fsp3) is 0.250. The van der Waals surface area contributed by atoms with Crippen LogP contribution < -0.4 is 11.5 Å². The molecule has 31 heavy (non-hydrogen) atoms. The number of carbonyl (C=O) groups is 1. The Morgan fingerprint density at radius 3 is 2.65 bits per heavy atom. The van der Waals surface area contributed by atoms with E-state index in [1.54, 1.807) is 30.3 Å². The van der Waals surface area contributed by atoms with Crippen LogP contribution in [-0.2, 0) is 14.5 Å². The van der Waals surface area contributed by atoms with Crippen LogP contribution in [0.2, 0.25) is 0 Å². The van der Waals surface area contributed by atoms with Crippen molar-refractivity contribution in [3.63, 3.8) is 0 Å². The summed E-state index contributed by atoms with van der Waals surface area (Å²) in [5, 5.41) is 18.9. The Hall–Kier alpha value is -3.18. The molecule has 2 aromatic carbocycles. The van der Waals surface area contributed by atoms with Gasteiger partial charge in [0.15, 0.2) is 0 Å². The zero-order chi connectivity index (χ0) is 22.6. The number of amides is 1. The number of oxime groups is 1. The molecule has 2 unspecified atom stereocenters. The topological polar surface area (TPSA) is 127 Å². The maximum absolute atomic E-state index is 14.5. The fourth-order valence-corrected chi connectivity index (χ4v) is 4.42. The molecule has 3 rings (SSSR count). The summed E-state index contributed by atoms with van der Waals surface area (Å²) in [5.74, 6) is -2.34. The summed E-state index contributed by atoms with van der Waals surface area (Å²) in [6.07, 6.45) is -1.26. The molecular weight excluding hydrogens is 428 g/mol. The molecule has 5 N–H and O–H groups in total. The number of halogens is 2. The third-order valence-corrected chi connectivity index (χ3v) is 5.90. The standard InChI is InChI=1S/C20H21F2N5O3S/c1-12(28)18(29)27-20(9-10-30-26-19(23)24,13-5-3-2-4-6-13)31-17(25-27)15-11-14(21)7-8-16(15)22/h2-8,11-12,28H,9-10H2,1H3,(H4,23,24,26). The molecule has 2 aromatic rings. The number of hydrazone groups is 1. The smallest absolute Gasteiger partial charge is 0.272 e. The number of guanidine groups is 1. The summed E-state index contributed by atoms with van der Waals surface area (Å²) < 4.78 is 28.3. The Morgan fingerprint density at radius 2 is 2.00 bits per heavy atom. The van der Waals surface area contributed by atoms with Gasteiger partial charge in [-0.25, -0.2) is 13.8 Å². The van der Waals surface area contributed by atoms with Crippen LogP contribution in [0.4, 0.5) is 8.78 Å². The maximum Gasteiger partial charge on any atom is 0.272 e. The van der Waals surface area contributed by atoms with Crippen molar-refractivity contribution in [3.05, 3.63) is 71.3 Å². The van der Waals surface area contributed by atoms with Crippen molar-refractivity contribution in [2.45, 2.75) is 24.3 Å². The van der Waals surface area contributed by atoms with Crippen LogP contribution >= 0.6 is 11.8 Å². The van der Waals surface area contributed by atoms with Gasteiger partial charge in [-0.1, -0.05) is 42.1 Å². The van der Waals surface area contributed by atoms with Crippen molar-refractivity contribution in [1.82, 2.24) is 5.01 Å². The van der Waals surface area contributed by atoms with Crippen LogP contribution in [-0.4, -0.2) is 39.7 Å². The van der Waals surface area contributed by atoms with Gasteiger partial charge in [-0.3, -0.25) is 4.79 Å². The molecule has 0 bridgehead atoms. The minimum Gasteiger partial charge on any atom is -0.393 e. The van der Waals surface area contributed by atoms with Gasteiger partial charge in [0.25, 0.3) is 5.91 Å².